The van der Waals surface area contributed by atoms with Crippen LogP contribution < -0.4 is 9.47 Å². The molecule has 1 aliphatic carbocycles. The topological polar surface area (TPSA) is 47.1 Å². The number of hydrogen-bond acceptors (Lipinski definition) is 3. The van der Waals surface area contributed by atoms with Crippen molar-refractivity contribution in [3.63, 3.8) is 0 Å². The molecular weight excluding hydrogens is 240 g/mol. The Morgan fingerprint density at radius 1 is 1.21 bits per heavy atom. The maximum Gasteiger partial charge on any atom is 0.163 e. The molecule has 0 saturated heterocycles. The number of fused-ring (bicyclic) bond motifs is 2. The van der Waals surface area contributed by atoms with Crippen LogP contribution in [0.5, 0.6) is 11.5 Å². The van der Waals surface area contributed by atoms with Gasteiger partial charge in [0.2, 0.25) is 0 Å². The standard InChI is InChI=1S/C15H18N2O2/c1-9(10-3-4-10)15-16-11-7-13-14(8-12(11)17-15)19-6-2-5-18-13/h7-10H,2-6H2,1H3,(H,16,17). The maximum absolute atomic E-state index is 5.71. The van der Waals surface area contributed by atoms with Gasteiger partial charge in [-0.15, -0.1) is 0 Å². The molecular formula is C15H18N2O2. The van der Waals surface area contributed by atoms with Crippen LogP contribution in [-0.4, -0.2) is 23.2 Å². The number of benzene rings is 1. The van der Waals surface area contributed by atoms with Gasteiger partial charge >= 0.3 is 0 Å². The lowest BCUT2D eigenvalue weighted by Gasteiger charge is -2.05. The van der Waals surface area contributed by atoms with Crippen LogP contribution in [-0.2, 0) is 0 Å². The highest BCUT2D eigenvalue weighted by Crippen LogP contribution is 2.42. The quantitative estimate of drug-likeness (QED) is 0.899. The third kappa shape index (κ3) is 1.95. The maximum atomic E-state index is 5.71. The van der Waals surface area contributed by atoms with Crippen LogP contribution in [0.4, 0.5) is 0 Å². The second-order valence-electron chi connectivity index (χ2n) is 5.61. The SMILES string of the molecule is CC(c1nc2cc3c(cc2[nH]1)OCCCO3)C1CC1. The Bertz CT molecular complexity index is 573. The zero-order valence-corrected chi connectivity index (χ0v) is 11.1. The molecule has 2 aliphatic rings. The van der Waals surface area contributed by atoms with Crippen LogP contribution in [0.15, 0.2) is 12.1 Å². The van der Waals surface area contributed by atoms with E-state index in [-0.39, 0.29) is 0 Å². The molecule has 2 aromatic rings. The number of ether oxygens (including phenoxy) is 2. The van der Waals surface area contributed by atoms with E-state index in [1.165, 1.54) is 12.8 Å². The number of nitrogens with zero attached hydrogens (tertiary/aromatic N) is 1. The van der Waals surface area contributed by atoms with E-state index >= 15 is 0 Å². The molecule has 100 valence electrons. The Morgan fingerprint density at radius 3 is 2.68 bits per heavy atom. The molecule has 2 heterocycles. The van der Waals surface area contributed by atoms with Crippen molar-refractivity contribution in [3.8, 4) is 11.5 Å². The van der Waals surface area contributed by atoms with Crippen LogP contribution in [0.2, 0.25) is 0 Å². The van der Waals surface area contributed by atoms with Gasteiger partial charge in [-0.1, -0.05) is 6.92 Å². The van der Waals surface area contributed by atoms with Crippen molar-refractivity contribution in [1.82, 2.24) is 9.97 Å². The van der Waals surface area contributed by atoms with E-state index in [4.69, 9.17) is 14.5 Å². The summed E-state index contributed by atoms with van der Waals surface area (Å²) in [5.41, 5.74) is 2.03. The van der Waals surface area contributed by atoms with Gasteiger partial charge in [-0.2, -0.15) is 0 Å². The van der Waals surface area contributed by atoms with E-state index in [1.54, 1.807) is 0 Å². The van der Waals surface area contributed by atoms with Gasteiger partial charge in [0, 0.05) is 24.5 Å². The van der Waals surface area contributed by atoms with Gasteiger partial charge in [0.05, 0.1) is 24.2 Å². The summed E-state index contributed by atoms with van der Waals surface area (Å²) in [6.07, 6.45) is 3.60. The fraction of sp³-hybridized carbons (Fsp3) is 0.533. The third-order valence-electron chi connectivity index (χ3n) is 4.13. The van der Waals surface area contributed by atoms with Crippen molar-refractivity contribution in [3.05, 3.63) is 18.0 Å². The van der Waals surface area contributed by atoms with E-state index in [1.807, 2.05) is 12.1 Å². The number of aromatic amines is 1. The first-order valence-corrected chi connectivity index (χ1v) is 7.10. The van der Waals surface area contributed by atoms with Crippen LogP contribution in [0.1, 0.15) is 37.9 Å². The summed E-state index contributed by atoms with van der Waals surface area (Å²) < 4.78 is 11.4. The predicted molar refractivity (Wildman–Crippen MR) is 72.8 cm³/mol. The Kier molecular flexibility index (Phi) is 2.43. The first kappa shape index (κ1) is 11.1. The molecule has 4 heteroatoms. The van der Waals surface area contributed by atoms with Crippen LogP contribution in [0.3, 0.4) is 0 Å². The summed E-state index contributed by atoms with van der Waals surface area (Å²) in [4.78, 5) is 8.16. The molecule has 1 aliphatic heterocycles. The van der Waals surface area contributed by atoms with Crippen molar-refractivity contribution >= 4 is 11.0 Å². The smallest absolute Gasteiger partial charge is 0.163 e. The lowest BCUT2D eigenvalue weighted by atomic mass is 10.1. The number of rotatable bonds is 2. The van der Waals surface area contributed by atoms with Crippen LogP contribution >= 0.6 is 0 Å². The molecule has 0 spiro atoms. The van der Waals surface area contributed by atoms with Crippen molar-refractivity contribution < 1.29 is 9.47 Å². The van der Waals surface area contributed by atoms with Crippen molar-refractivity contribution in [2.75, 3.05) is 13.2 Å². The van der Waals surface area contributed by atoms with Gasteiger partial charge in [-0.05, 0) is 18.8 Å². The minimum Gasteiger partial charge on any atom is -0.489 e. The summed E-state index contributed by atoms with van der Waals surface area (Å²) in [7, 11) is 0. The molecule has 1 aromatic heterocycles. The summed E-state index contributed by atoms with van der Waals surface area (Å²) in [5.74, 6) is 4.08. The van der Waals surface area contributed by atoms with Gasteiger partial charge in [-0.3, -0.25) is 0 Å². The number of nitrogens with one attached hydrogen (secondary N) is 1. The monoisotopic (exact) mass is 258 g/mol. The van der Waals surface area contributed by atoms with E-state index in [2.05, 4.69) is 11.9 Å². The first-order chi connectivity index (χ1) is 9.31. The molecule has 1 atom stereocenters. The second kappa shape index (κ2) is 4.15. The fourth-order valence-corrected chi connectivity index (χ4v) is 2.72. The van der Waals surface area contributed by atoms with Crippen LogP contribution in [0, 0.1) is 5.92 Å². The van der Waals surface area contributed by atoms with Gasteiger partial charge in [0.1, 0.15) is 5.82 Å². The highest BCUT2D eigenvalue weighted by atomic mass is 16.5. The number of H-pyrrole nitrogens is 1. The van der Waals surface area contributed by atoms with Crippen molar-refractivity contribution in [2.24, 2.45) is 5.92 Å². The first-order valence-electron chi connectivity index (χ1n) is 7.10. The Labute approximate surface area is 112 Å². The largest absolute Gasteiger partial charge is 0.489 e. The van der Waals surface area contributed by atoms with E-state index < -0.39 is 0 Å². The number of imidazole rings is 1. The summed E-state index contributed by atoms with van der Waals surface area (Å²) in [5, 5.41) is 0. The molecule has 0 amide bonds. The fourth-order valence-electron chi connectivity index (χ4n) is 2.72. The lowest BCUT2D eigenvalue weighted by Crippen LogP contribution is -1.98. The molecule has 1 N–H and O–H groups in total. The minimum atomic E-state index is 0.522. The average Bonchev–Trinajstić information content (AvgIpc) is 3.19. The van der Waals surface area contributed by atoms with Crippen LogP contribution in [0.25, 0.3) is 11.0 Å². The molecule has 1 unspecified atom stereocenters. The number of aromatic nitrogens is 2. The lowest BCUT2D eigenvalue weighted by molar-refractivity contribution is 0.297. The Morgan fingerprint density at radius 2 is 1.95 bits per heavy atom. The normalized spacial score (nSPS) is 20.3. The molecule has 1 aromatic carbocycles. The van der Waals surface area contributed by atoms with Crippen molar-refractivity contribution in [2.45, 2.75) is 32.1 Å². The predicted octanol–water partition coefficient (Wildman–Crippen LogP) is 3.24. The summed E-state index contributed by atoms with van der Waals surface area (Å²) in [6.45, 7) is 3.69. The Hall–Kier alpha value is -1.71. The molecule has 0 radical (unpaired) electrons. The second-order valence-corrected chi connectivity index (χ2v) is 5.61. The zero-order chi connectivity index (χ0) is 12.8. The van der Waals surface area contributed by atoms with E-state index in [9.17, 15) is 0 Å². The number of hydrogen-bond donors (Lipinski definition) is 1. The minimum absolute atomic E-state index is 0.522. The third-order valence-corrected chi connectivity index (χ3v) is 4.13. The molecule has 4 nitrogen and oxygen atoms in total. The van der Waals surface area contributed by atoms with E-state index in [0.29, 0.717) is 12.5 Å². The molecule has 0 bridgehead atoms. The highest BCUT2D eigenvalue weighted by Gasteiger charge is 2.31. The van der Waals surface area contributed by atoms with Gasteiger partial charge in [0.15, 0.2) is 11.5 Å². The molecule has 4 rings (SSSR count). The highest BCUT2D eigenvalue weighted by molar-refractivity contribution is 5.80. The van der Waals surface area contributed by atoms with Gasteiger partial charge < -0.3 is 14.5 Å². The summed E-state index contributed by atoms with van der Waals surface area (Å²) in [6, 6.07) is 4.02. The Balaban J connectivity index is 1.76. The molecule has 19 heavy (non-hydrogen) atoms. The molecule has 1 saturated carbocycles. The average molecular weight is 258 g/mol. The zero-order valence-electron chi connectivity index (χ0n) is 11.1. The molecule has 1 fully saturated rings. The van der Waals surface area contributed by atoms with E-state index in [0.717, 1.165) is 47.3 Å². The van der Waals surface area contributed by atoms with Gasteiger partial charge in [-0.25, -0.2) is 4.98 Å². The van der Waals surface area contributed by atoms with Gasteiger partial charge in [0.25, 0.3) is 0 Å². The van der Waals surface area contributed by atoms with Crippen molar-refractivity contribution in [1.29, 1.82) is 0 Å². The summed E-state index contributed by atoms with van der Waals surface area (Å²) >= 11 is 0.